The summed E-state index contributed by atoms with van der Waals surface area (Å²) in [5, 5.41) is 0. The van der Waals surface area contributed by atoms with Gasteiger partial charge in [-0.05, 0) is 32.9 Å². The Morgan fingerprint density at radius 1 is 1.20 bits per heavy atom. The maximum atomic E-state index is 12.5. The van der Waals surface area contributed by atoms with Crippen LogP contribution >= 0.6 is 11.3 Å². The molecule has 7 heteroatoms. The Morgan fingerprint density at radius 2 is 1.80 bits per heavy atom. The van der Waals surface area contributed by atoms with Crippen LogP contribution in [0.25, 0.3) is 0 Å². The Kier molecular flexibility index (Phi) is 4.56. The van der Waals surface area contributed by atoms with Gasteiger partial charge < -0.3 is 5.73 Å². The topological polar surface area (TPSA) is 66.6 Å². The number of nitrogens with two attached hydrogens (primary N) is 1. The number of hydrogen-bond donors (Lipinski definition) is 1. The Balaban J connectivity index is 2.09. The second-order valence-corrected chi connectivity index (χ2v) is 9.32. The quantitative estimate of drug-likeness (QED) is 0.913. The van der Waals surface area contributed by atoms with Gasteiger partial charge in [-0.1, -0.05) is 0 Å². The molecule has 0 spiro atoms. The van der Waals surface area contributed by atoms with E-state index in [4.69, 9.17) is 5.73 Å². The fourth-order valence-electron chi connectivity index (χ4n) is 2.33. The minimum Gasteiger partial charge on any atom is -0.326 e. The first-order chi connectivity index (χ1) is 9.25. The third kappa shape index (κ3) is 3.23. The lowest BCUT2D eigenvalue weighted by molar-refractivity contribution is 0.0922. The van der Waals surface area contributed by atoms with Crippen LogP contribution in [-0.2, 0) is 16.6 Å². The molecule has 1 fully saturated rings. The van der Waals surface area contributed by atoms with Gasteiger partial charge >= 0.3 is 0 Å². The molecule has 1 aromatic rings. The number of sulfonamides is 1. The number of hydrogen-bond acceptors (Lipinski definition) is 5. The van der Waals surface area contributed by atoms with E-state index in [9.17, 15) is 8.42 Å². The summed E-state index contributed by atoms with van der Waals surface area (Å²) in [6.07, 6.45) is 0. The third-order valence-electron chi connectivity index (χ3n) is 3.62. The smallest absolute Gasteiger partial charge is 0.252 e. The highest BCUT2D eigenvalue weighted by atomic mass is 32.2. The van der Waals surface area contributed by atoms with Crippen LogP contribution in [0.5, 0.6) is 0 Å². The molecular weight excluding hydrogens is 294 g/mol. The third-order valence-corrected chi connectivity index (χ3v) is 7.09. The average Bonchev–Trinajstić information content (AvgIpc) is 2.87. The molecule has 2 rings (SSSR count). The van der Waals surface area contributed by atoms with Gasteiger partial charge in [0.25, 0.3) is 10.0 Å². The lowest BCUT2D eigenvalue weighted by Gasteiger charge is -2.41. The first kappa shape index (κ1) is 15.9. The standard InChI is InChI=1S/C13H23N3O2S2/c1-13(2,3)15-6-8-16(9-7-15)20(17,18)12-5-4-11(10-14)19-12/h4-5H,6-10,14H2,1-3H3. The molecule has 0 amide bonds. The monoisotopic (exact) mass is 317 g/mol. The van der Waals surface area contributed by atoms with Crippen molar-refractivity contribution < 1.29 is 8.42 Å². The first-order valence-corrected chi connectivity index (χ1v) is 9.05. The van der Waals surface area contributed by atoms with Gasteiger partial charge in [0.2, 0.25) is 0 Å². The van der Waals surface area contributed by atoms with Gasteiger partial charge in [0, 0.05) is 43.1 Å². The van der Waals surface area contributed by atoms with E-state index >= 15 is 0 Å². The summed E-state index contributed by atoms with van der Waals surface area (Å²) in [4.78, 5) is 3.22. The predicted octanol–water partition coefficient (Wildman–Crippen LogP) is 1.31. The van der Waals surface area contributed by atoms with Crippen molar-refractivity contribution in [1.29, 1.82) is 0 Å². The van der Waals surface area contributed by atoms with Crippen molar-refractivity contribution in [2.45, 2.75) is 37.1 Å². The molecule has 1 aliphatic rings. The highest BCUT2D eigenvalue weighted by molar-refractivity contribution is 7.91. The summed E-state index contributed by atoms with van der Waals surface area (Å²) in [5.41, 5.74) is 5.64. The molecule has 0 aliphatic carbocycles. The molecule has 20 heavy (non-hydrogen) atoms. The number of rotatable bonds is 3. The van der Waals surface area contributed by atoms with E-state index in [1.807, 2.05) is 0 Å². The molecule has 0 bridgehead atoms. The lowest BCUT2D eigenvalue weighted by Crippen LogP contribution is -2.54. The highest BCUT2D eigenvalue weighted by Crippen LogP contribution is 2.26. The fraction of sp³-hybridized carbons (Fsp3) is 0.692. The normalized spacial score (nSPS) is 19.4. The second-order valence-electron chi connectivity index (χ2n) is 5.99. The molecule has 0 saturated carbocycles. The molecule has 2 N–H and O–H groups in total. The molecule has 1 saturated heterocycles. The number of nitrogens with zero attached hydrogens (tertiary/aromatic N) is 2. The summed E-state index contributed by atoms with van der Waals surface area (Å²) in [5.74, 6) is 0. The van der Waals surface area contributed by atoms with Crippen molar-refractivity contribution >= 4 is 21.4 Å². The zero-order valence-electron chi connectivity index (χ0n) is 12.3. The summed E-state index contributed by atoms with van der Waals surface area (Å²) < 4.78 is 27.1. The van der Waals surface area contributed by atoms with Gasteiger partial charge in [-0.2, -0.15) is 4.31 Å². The summed E-state index contributed by atoms with van der Waals surface area (Å²) >= 11 is 1.27. The maximum Gasteiger partial charge on any atom is 0.252 e. The minimum atomic E-state index is -3.35. The van der Waals surface area contributed by atoms with Crippen molar-refractivity contribution in [1.82, 2.24) is 9.21 Å². The van der Waals surface area contributed by atoms with E-state index in [0.717, 1.165) is 18.0 Å². The van der Waals surface area contributed by atoms with Crippen LogP contribution in [0.2, 0.25) is 0 Å². The van der Waals surface area contributed by atoms with E-state index < -0.39 is 10.0 Å². The summed E-state index contributed by atoms with van der Waals surface area (Å²) in [7, 11) is -3.35. The van der Waals surface area contributed by atoms with Gasteiger partial charge in [0.05, 0.1) is 0 Å². The largest absolute Gasteiger partial charge is 0.326 e. The highest BCUT2D eigenvalue weighted by Gasteiger charge is 2.32. The van der Waals surface area contributed by atoms with E-state index in [2.05, 4.69) is 25.7 Å². The molecular formula is C13H23N3O2S2. The van der Waals surface area contributed by atoms with Crippen LogP contribution in [0.1, 0.15) is 25.6 Å². The van der Waals surface area contributed by atoms with E-state index in [1.165, 1.54) is 11.3 Å². The van der Waals surface area contributed by atoms with E-state index in [-0.39, 0.29) is 5.54 Å². The van der Waals surface area contributed by atoms with Crippen LogP contribution in [-0.4, -0.2) is 49.3 Å². The van der Waals surface area contributed by atoms with Crippen LogP contribution in [0.15, 0.2) is 16.3 Å². The Bertz CT molecular complexity index is 552. The minimum absolute atomic E-state index is 0.0888. The molecule has 0 unspecified atom stereocenters. The van der Waals surface area contributed by atoms with Gasteiger partial charge in [-0.3, -0.25) is 4.90 Å². The maximum absolute atomic E-state index is 12.5. The van der Waals surface area contributed by atoms with Crippen molar-refractivity contribution in [2.24, 2.45) is 5.73 Å². The van der Waals surface area contributed by atoms with Crippen LogP contribution in [0.3, 0.4) is 0 Å². The zero-order valence-corrected chi connectivity index (χ0v) is 13.9. The van der Waals surface area contributed by atoms with Crippen molar-refractivity contribution in [2.75, 3.05) is 26.2 Å². The van der Waals surface area contributed by atoms with Crippen molar-refractivity contribution in [3.05, 3.63) is 17.0 Å². The van der Waals surface area contributed by atoms with Crippen LogP contribution in [0, 0.1) is 0 Å². The molecule has 114 valence electrons. The first-order valence-electron chi connectivity index (χ1n) is 6.79. The van der Waals surface area contributed by atoms with Gasteiger partial charge in [-0.15, -0.1) is 11.3 Å². The molecule has 1 aromatic heterocycles. The fourth-order valence-corrected chi connectivity index (χ4v) is 5.14. The molecule has 0 atom stereocenters. The van der Waals surface area contributed by atoms with Crippen molar-refractivity contribution in [3.63, 3.8) is 0 Å². The predicted molar refractivity (Wildman–Crippen MR) is 82.3 cm³/mol. The van der Waals surface area contributed by atoms with Crippen molar-refractivity contribution in [3.8, 4) is 0 Å². The Hall–Kier alpha value is -0.470. The molecule has 0 radical (unpaired) electrons. The van der Waals surface area contributed by atoms with E-state index in [0.29, 0.717) is 23.8 Å². The second kappa shape index (κ2) is 5.73. The van der Waals surface area contributed by atoms with Crippen LogP contribution in [0.4, 0.5) is 0 Å². The van der Waals surface area contributed by atoms with Crippen LogP contribution < -0.4 is 5.73 Å². The molecule has 0 aromatic carbocycles. The molecule has 5 nitrogen and oxygen atoms in total. The molecule has 1 aliphatic heterocycles. The SMILES string of the molecule is CC(C)(C)N1CCN(S(=O)(=O)c2ccc(CN)s2)CC1. The van der Waals surface area contributed by atoms with Gasteiger partial charge in [-0.25, -0.2) is 8.42 Å². The average molecular weight is 317 g/mol. The van der Waals surface area contributed by atoms with E-state index in [1.54, 1.807) is 16.4 Å². The Morgan fingerprint density at radius 3 is 2.25 bits per heavy atom. The summed E-state index contributed by atoms with van der Waals surface area (Å²) in [6, 6.07) is 3.46. The molecule has 2 heterocycles. The number of piperazine rings is 1. The Labute approximate surface area is 125 Å². The lowest BCUT2D eigenvalue weighted by atomic mass is 10.1. The number of thiophene rings is 1. The zero-order chi connectivity index (χ0) is 15.0. The summed E-state index contributed by atoms with van der Waals surface area (Å²) in [6.45, 7) is 9.51. The van der Waals surface area contributed by atoms with Gasteiger partial charge in [0.15, 0.2) is 0 Å². The van der Waals surface area contributed by atoms with Gasteiger partial charge in [0.1, 0.15) is 4.21 Å².